The molecule has 1 aliphatic rings. The Hall–Kier alpha value is -2.76. The van der Waals surface area contributed by atoms with Crippen LogP contribution in [0.25, 0.3) is 0 Å². The molecular weight excluding hydrogens is 270 g/mol. The van der Waals surface area contributed by atoms with E-state index in [0.29, 0.717) is 39.9 Å². The van der Waals surface area contributed by atoms with Crippen LogP contribution in [0, 0.1) is 6.92 Å². The predicted molar refractivity (Wildman–Crippen MR) is 78.7 cm³/mol. The van der Waals surface area contributed by atoms with Crippen LogP contribution in [-0.2, 0) is 0 Å². The van der Waals surface area contributed by atoms with Crippen LogP contribution in [0.3, 0.4) is 0 Å². The summed E-state index contributed by atoms with van der Waals surface area (Å²) in [7, 11) is 3.16. The SMILES string of the molecule is CNC(=O)c1cnc(C)c2c1Nc1c(OC)cccc1O2. The lowest BCUT2D eigenvalue weighted by molar-refractivity contribution is 0.0963. The highest BCUT2D eigenvalue weighted by atomic mass is 16.5. The third-order valence-corrected chi connectivity index (χ3v) is 3.35. The van der Waals surface area contributed by atoms with Crippen molar-refractivity contribution in [2.24, 2.45) is 0 Å². The molecule has 0 spiro atoms. The summed E-state index contributed by atoms with van der Waals surface area (Å²) in [4.78, 5) is 16.2. The predicted octanol–water partition coefficient (Wildman–Crippen LogP) is 2.61. The van der Waals surface area contributed by atoms with Gasteiger partial charge in [0, 0.05) is 13.2 Å². The van der Waals surface area contributed by atoms with Crippen LogP contribution in [-0.4, -0.2) is 25.0 Å². The van der Waals surface area contributed by atoms with E-state index in [9.17, 15) is 4.79 Å². The van der Waals surface area contributed by atoms with Crippen molar-refractivity contribution in [3.8, 4) is 17.2 Å². The van der Waals surface area contributed by atoms with Crippen LogP contribution in [0.15, 0.2) is 24.4 Å². The molecule has 0 aliphatic carbocycles. The highest BCUT2D eigenvalue weighted by Crippen LogP contribution is 2.48. The van der Waals surface area contributed by atoms with Gasteiger partial charge in [0.25, 0.3) is 5.91 Å². The van der Waals surface area contributed by atoms with E-state index in [1.807, 2.05) is 25.1 Å². The van der Waals surface area contributed by atoms with E-state index in [0.717, 1.165) is 0 Å². The number of benzene rings is 1. The lowest BCUT2D eigenvalue weighted by Crippen LogP contribution is -2.21. The number of hydrogen-bond donors (Lipinski definition) is 2. The number of nitrogens with zero attached hydrogens (tertiary/aromatic N) is 1. The number of hydrogen-bond acceptors (Lipinski definition) is 5. The van der Waals surface area contributed by atoms with Crippen LogP contribution >= 0.6 is 0 Å². The maximum atomic E-state index is 12.0. The van der Waals surface area contributed by atoms with E-state index in [2.05, 4.69) is 15.6 Å². The number of nitrogens with one attached hydrogen (secondary N) is 2. The molecule has 2 N–H and O–H groups in total. The Balaban J connectivity index is 2.17. The zero-order valence-electron chi connectivity index (χ0n) is 12.0. The van der Waals surface area contributed by atoms with Crippen molar-refractivity contribution in [1.82, 2.24) is 10.3 Å². The molecule has 6 nitrogen and oxygen atoms in total. The molecule has 1 aliphatic heterocycles. The van der Waals surface area contributed by atoms with Crippen LogP contribution in [0.4, 0.5) is 11.4 Å². The molecule has 1 aromatic carbocycles. The molecule has 0 saturated carbocycles. The summed E-state index contributed by atoms with van der Waals surface area (Å²) in [5.74, 6) is 1.61. The number of aryl methyl sites for hydroxylation is 1. The monoisotopic (exact) mass is 285 g/mol. The molecule has 2 aromatic rings. The molecule has 0 bridgehead atoms. The lowest BCUT2D eigenvalue weighted by atomic mass is 10.1. The van der Waals surface area contributed by atoms with Crippen molar-refractivity contribution < 1.29 is 14.3 Å². The molecule has 1 amide bonds. The summed E-state index contributed by atoms with van der Waals surface area (Å²) in [6, 6.07) is 5.50. The second-order valence-corrected chi connectivity index (χ2v) is 4.60. The van der Waals surface area contributed by atoms with Crippen LogP contribution in [0.2, 0.25) is 0 Å². The number of ether oxygens (including phenoxy) is 2. The van der Waals surface area contributed by atoms with Gasteiger partial charge in [-0.1, -0.05) is 6.07 Å². The number of rotatable bonds is 2. The quantitative estimate of drug-likeness (QED) is 0.757. The third-order valence-electron chi connectivity index (χ3n) is 3.35. The topological polar surface area (TPSA) is 72.5 Å². The van der Waals surface area contributed by atoms with Gasteiger partial charge >= 0.3 is 0 Å². The standard InChI is InChI=1S/C15H15N3O3/c1-8-14-12(9(7-17-8)15(19)16-2)18-13-10(20-3)5-4-6-11(13)21-14/h4-7,18H,1-3H3,(H,16,19). The Morgan fingerprint density at radius 3 is 2.90 bits per heavy atom. The van der Waals surface area contributed by atoms with Crippen LogP contribution in [0.1, 0.15) is 16.1 Å². The van der Waals surface area contributed by atoms with Gasteiger partial charge in [-0.3, -0.25) is 9.78 Å². The fraction of sp³-hybridized carbons (Fsp3) is 0.200. The molecule has 21 heavy (non-hydrogen) atoms. The van der Waals surface area contributed by atoms with Crippen molar-refractivity contribution in [2.45, 2.75) is 6.92 Å². The molecule has 1 aromatic heterocycles. The molecule has 2 heterocycles. The van der Waals surface area contributed by atoms with E-state index >= 15 is 0 Å². The summed E-state index contributed by atoms with van der Waals surface area (Å²) >= 11 is 0. The van der Waals surface area contributed by atoms with Crippen molar-refractivity contribution in [3.63, 3.8) is 0 Å². The molecule has 108 valence electrons. The normalized spacial score (nSPS) is 11.6. The van der Waals surface area contributed by atoms with Gasteiger partial charge in [-0.15, -0.1) is 0 Å². The first-order valence-corrected chi connectivity index (χ1v) is 6.49. The molecule has 6 heteroatoms. The smallest absolute Gasteiger partial charge is 0.254 e. The first-order valence-electron chi connectivity index (χ1n) is 6.49. The van der Waals surface area contributed by atoms with Crippen molar-refractivity contribution in [2.75, 3.05) is 19.5 Å². The number of carbonyl (C=O) groups is 1. The molecule has 0 fully saturated rings. The number of para-hydroxylation sites is 1. The van der Waals surface area contributed by atoms with Crippen molar-refractivity contribution in [1.29, 1.82) is 0 Å². The van der Waals surface area contributed by atoms with E-state index in [4.69, 9.17) is 9.47 Å². The second-order valence-electron chi connectivity index (χ2n) is 4.60. The largest absolute Gasteiger partial charge is 0.494 e. The number of pyridine rings is 1. The zero-order chi connectivity index (χ0) is 15.0. The van der Waals surface area contributed by atoms with E-state index in [1.54, 1.807) is 14.2 Å². The minimum absolute atomic E-state index is 0.229. The van der Waals surface area contributed by atoms with Gasteiger partial charge in [0.05, 0.1) is 24.1 Å². The molecule has 0 unspecified atom stereocenters. The number of anilines is 2. The van der Waals surface area contributed by atoms with Crippen LogP contribution < -0.4 is 20.1 Å². The van der Waals surface area contributed by atoms with Crippen LogP contribution in [0.5, 0.6) is 17.2 Å². The Morgan fingerprint density at radius 1 is 1.38 bits per heavy atom. The van der Waals surface area contributed by atoms with Gasteiger partial charge in [-0.2, -0.15) is 0 Å². The summed E-state index contributed by atoms with van der Waals surface area (Å²) < 4.78 is 11.2. The molecule has 0 atom stereocenters. The Kier molecular flexibility index (Phi) is 3.13. The number of carbonyl (C=O) groups excluding carboxylic acids is 1. The summed E-state index contributed by atoms with van der Waals surface area (Å²) in [6.07, 6.45) is 1.53. The molecule has 0 saturated heterocycles. The Bertz CT molecular complexity index is 728. The summed E-state index contributed by atoms with van der Waals surface area (Å²) in [5, 5.41) is 5.83. The van der Waals surface area contributed by atoms with Gasteiger partial charge in [0.15, 0.2) is 11.5 Å². The van der Waals surface area contributed by atoms with E-state index < -0.39 is 0 Å². The fourth-order valence-electron chi connectivity index (χ4n) is 2.27. The maximum Gasteiger partial charge on any atom is 0.254 e. The highest BCUT2D eigenvalue weighted by molar-refractivity contribution is 6.02. The van der Waals surface area contributed by atoms with Gasteiger partial charge in [-0.05, 0) is 19.1 Å². The molecule has 0 radical (unpaired) electrons. The van der Waals surface area contributed by atoms with Gasteiger partial charge in [0.1, 0.15) is 11.4 Å². The minimum Gasteiger partial charge on any atom is -0.494 e. The Labute approximate surface area is 122 Å². The molecule has 3 rings (SSSR count). The van der Waals surface area contributed by atoms with Gasteiger partial charge in [0.2, 0.25) is 0 Å². The van der Waals surface area contributed by atoms with Crippen molar-refractivity contribution >= 4 is 17.3 Å². The lowest BCUT2D eigenvalue weighted by Gasteiger charge is -2.25. The Morgan fingerprint density at radius 2 is 2.19 bits per heavy atom. The average Bonchev–Trinajstić information content (AvgIpc) is 2.52. The number of fused-ring (bicyclic) bond motifs is 2. The van der Waals surface area contributed by atoms with Gasteiger partial charge in [-0.25, -0.2) is 0 Å². The van der Waals surface area contributed by atoms with Crippen molar-refractivity contribution in [3.05, 3.63) is 35.7 Å². The number of aromatic nitrogens is 1. The fourth-order valence-corrected chi connectivity index (χ4v) is 2.27. The summed E-state index contributed by atoms with van der Waals surface area (Å²) in [6.45, 7) is 1.83. The second kappa shape index (κ2) is 4.97. The third kappa shape index (κ3) is 2.05. The zero-order valence-corrected chi connectivity index (χ0v) is 12.0. The summed E-state index contributed by atoms with van der Waals surface area (Å²) in [5.41, 5.74) is 2.43. The minimum atomic E-state index is -0.229. The average molecular weight is 285 g/mol. The van der Waals surface area contributed by atoms with E-state index in [1.165, 1.54) is 6.20 Å². The maximum absolute atomic E-state index is 12.0. The molecular formula is C15H15N3O3. The number of methoxy groups -OCH3 is 1. The van der Waals surface area contributed by atoms with E-state index in [-0.39, 0.29) is 5.91 Å². The van der Waals surface area contributed by atoms with Gasteiger partial charge < -0.3 is 20.1 Å². The first-order chi connectivity index (χ1) is 10.2. The first kappa shape index (κ1) is 13.2. The highest BCUT2D eigenvalue weighted by Gasteiger charge is 2.26. The number of amides is 1.